The van der Waals surface area contributed by atoms with Crippen molar-refractivity contribution in [2.24, 2.45) is 0 Å². The molecular formula is C25H31N3O5S2. The molecule has 0 amide bonds. The lowest BCUT2D eigenvalue weighted by molar-refractivity contribution is 0.315. The number of nitrogens with two attached hydrogens (primary N) is 1. The second kappa shape index (κ2) is 9.05. The Hall–Kier alpha value is -2.72. The molecule has 0 atom stereocenters. The highest BCUT2D eigenvalue weighted by atomic mass is 32.2. The number of sulfone groups is 1. The maximum absolute atomic E-state index is 12.3. The molecule has 3 N–H and O–H groups in total. The smallest absolute Gasteiger partial charge is 0.235 e. The standard InChI is InChI=1S/C25H31N3O5S2/c1-34(29,30)15-3-14-33-20-10-13-22-23(16-20)28(19-4-2-5-19)25(24(22)26)17-6-8-18(9-7-17)27-35(31,32)21-11-12-21/h6-10,13,16,19,21,27H,2-5,11-12,14-15,26H2,1H3. The molecule has 2 fully saturated rings. The average molecular weight is 518 g/mol. The van der Waals surface area contributed by atoms with Crippen molar-refractivity contribution in [3.8, 4) is 17.0 Å². The number of sulfonamides is 1. The van der Waals surface area contributed by atoms with E-state index in [0.29, 0.717) is 36.2 Å². The van der Waals surface area contributed by atoms with Crippen molar-refractivity contribution in [3.05, 3.63) is 42.5 Å². The lowest BCUT2D eigenvalue weighted by Crippen LogP contribution is -2.18. The molecule has 0 spiro atoms. The van der Waals surface area contributed by atoms with Crippen LogP contribution in [0.15, 0.2) is 42.5 Å². The Labute approximate surface area is 206 Å². The first-order chi connectivity index (χ1) is 16.6. The molecule has 2 aromatic carbocycles. The SMILES string of the molecule is CS(=O)(=O)CCCOc1ccc2c(N)c(-c3ccc(NS(=O)(=O)C4CC4)cc3)n(C3CCC3)c2c1. The van der Waals surface area contributed by atoms with E-state index in [1.165, 1.54) is 6.26 Å². The molecular weight excluding hydrogens is 486 g/mol. The highest BCUT2D eigenvalue weighted by molar-refractivity contribution is 7.93. The van der Waals surface area contributed by atoms with Crippen molar-refractivity contribution >= 4 is 42.1 Å². The molecule has 8 nitrogen and oxygen atoms in total. The number of nitrogens with zero attached hydrogens (tertiary/aromatic N) is 1. The molecule has 188 valence electrons. The molecule has 35 heavy (non-hydrogen) atoms. The Balaban J connectivity index is 1.45. The van der Waals surface area contributed by atoms with Crippen LogP contribution in [0.2, 0.25) is 0 Å². The number of ether oxygens (including phenoxy) is 1. The molecule has 2 saturated carbocycles. The highest BCUT2D eigenvalue weighted by Crippen LogP contribution is 2.45. The topological polar surface area (TPSA) is 120 Å². The van der Waals surface area contributed by atoms with Gasteiger partial charge in [0.05, 0.1) is 34.5 Å². The summed E-state index contributed by atoms with van der Waals surface area (Å²) >= 11 is 0. The molecule has 0 aliphatic heterocycles. The van der Waals surface area contributed by atoms with Gasteiger partial charge in [-0.1, -0.05) is 12.1 Å². The summed E-state index contributed by atoms with van der Waals surface area (Å²) in [5.74, 6) is 0.776. The summed E-state index contributed by atoms with van der Waals surface area (Å²) in [6.45, 7) is 0.323. The van der Waals surface area contributed by atoms with Gasteiger partial charge < -0.3 is 15.0 Å². The summed E-state index contributed by atoms with van der Waals surface area (Å²) in [5, 5.41) is 0.663. The Morgan fingerprint density at radius 3 is 2.34 bits per heavy atom. The maximum Gasteiger partial charge on any atom is 0.235 e. The van der Waals surface area contributed by atoms with Gasteiger partial charge in [0.2, 0.25) is 10.0 Å². The molecule has 0 bridgehead atoms. The Kier molecular flexibility index (Phi) is 6.21. The van der Waals surface area contributed by atoms with Crippen molar-refractivity contribution in [2.45, 2.75) is 49.8 Å². The van der Waals surface area contributed by atoms with Crippen LogP contribution in [0.5, 0.6) is 5.75 Å². The monoisotopic (exact) mass is 517 g/mol. The largest absolute Gasteiger partial charge is 0.493 e. The summed E-state index contributed by atoms with van der Waals surface area (Å²) < 4.78 is 58.1. The zero-order valence-corrected chi connectivity index (χ0v) is 21.4. The van der Waals surface area contributed by atoms with E-state index in [2.05, 4.69) is 9.29 Å². The second-order valence-electron chi connectivity index (χ2n) is 9.65. The molecule has 2 aliphatic rings. The predicted molar refractivity (Wildman–Crippen MR) is 140 cm³/mol. The third-order valence-electron chi connectivity index (χ3n) is 6.76. The molecule has 0 radical (unpaired) electrons. The number of fused-ring (bicyclic) bond motifs is 1. The van der Waals surface area contributed by atoms with E-state index in [9.17, 15) is 16.8 Å². The van der Waals surface area contributed by atoms with Gasteiger partial charge in [0.15, 0.2) is 0 Å². The van der Waals surface area contributed by atoms with Gasteiger partial charge in [-0.05, 0) is 62.8 Å². The van der Waals surface area contributed by atoms with E-state index < -0.39 is 19.9 Å². The lowest BCUT2D eigenvalue weighted by atomic mass is 9.92. The summed E-state index contributed by atoms with van der Waals surface area (Å²) in [4.78, 5) is 0. The number of hydrogen-bond acceptors (Lipinski definition) is 6. The van der Waals surface area contributed by atoms with Gasteiger partial charge in [-0.25, -0.2) is 16.8 Å². The third-order valence-corrected chi connectivity index (χ3v) is 9.66. The molecule has 3 aromatic rings. The van der Waals surface area contributed by atoms with Crippen LogP contribution in [-0.4, -0.2) is 45.3 Å². The van der Waals surface area contributed by atoms with Crippen LogP contribution in [0.1, 0.15) is 44.6 Å². The Morgan fingerprint density at radius 2 is 1.74 bits per heavy atom. The van der Waals surface area contributed by atoms with E-state index >= 15 is 0 Å². The van der Waals surface area contributed by atoms with Crippen LogP contribution < -0.4 is 15.2 Å². The molecule has 1 aromatic heterocycles. The lowest BCUT2D eigenvalue weighted by Gasteiger charge is -2.30. The highest BCUT2D eigenvalue weighted by Gasteiger charge is 2.35. The Bertz CT molecular complexity index is 1450. The number of hydrogen-bond donors (Lipinski definition) is 2. The normalized spacial score (nSPS) is 16.8. The van der Waals surface area contributed by atoms with E-state index in [0.717, 1.165) is 54.3 Å². The minimum atomic E-state index is -3.31. The third kappa shape index (κ3) is 5.13. The van der Waals surface area contributed by atoms with E-state index in [4.69, 9.17) is 10.5 Å². The van der Waals surface area contributed by atoms with Gasteiger partial charge in [0.25, 0.3) is 0 Å². The number of rotatable bonds is 10. The first-order valence-corrected chi connectivity index (χ1v) is 15.6. The summed E-state index contributed by atoms with van der Waals surface area (Å²) in [5.41, 5.74) is 10.7. The Morgan fingerprint density at radius 1 is 1.03 bits per heavy atom. The van der Waals surface area contributed by atoms with Crippen LogP contribution >= 0.6 is 0 Å². The zero-order chi connectivity index (χ0) is 24.8. The second-order valence-corrected chi connectivity index (χ2v) is 13.9. The van der Waals surface area contributed by atoms with Crippen LogP contribution in [0.3, 0.4) is 0 Å². The van der Waals surface area contributed by atoms with E-state index in [1.807, 2.05) is 30.3 Å². The maximum atomic E-state index is 12.3. The summed E-state index contributed by atoms with van der Waals surface area (Å²) in [6, 6.07) is 13.5. The minimum absolute atomic E-state index is 0.0948. The summed E-state index contributed by atoms with van der Waals surface area (Å²) in [6.07, 6.45) is 6.38. The van der Waals surface area contributed by atoms with Crippen molar-refractivity contribution < 1.29 is 21.6 Å². The number of nitrogens with one attached hydrogen (secondary N) is 1. The van der Waals surface area contributed by atoms with Crippen molar-refractivity contribution in [3.63, 3.8) is 0 Å². The van der Waals surface area contributed by atoms with Gasteiger partial charge in [-0.3, -0.25) is 4.72 Å². The minimum Gasteiger partial charge on any atom is -0.493 e. The average Bonchev–Trinajstić information content (AvgIpc) is 3.58. The van der Waals surface area contributed by atoms with Gasteiger partial charge >= 0.3 is 0 Å². The first-order valence-electron chi connectivity index (χ1n) is 12.0. The van der Waals surface area contributed by atoms with Crippen molar-refractivity contribution in [1.82, 2.24) is 4.57 Å². The number of nitrogen functional groups attached to an aromatic ring is 1. The fourth-order valence-corrected chi connectivity index (χ4v) is 6.59. The van der Waals surface area contributed by atoms with Gasteiger partial charge in [-0.15, -0.1) is 0 Å². The van der Waals surface area contributed by atoms with Crippen LogP contribution in [0.4, 0.5) is 11.4 Å². The molecule has 0 saturated heterocycles. The number of anilines is 2. The van der Waals surface area contributed by atoms with Crippen molar-refractivity contribution in [1.29, 1.82) is 0 Å². The van der Waals surface area contributed by atoms with Crippen LogP contribution in [0, 0.1) is 0 Å². The molecule has 1 heterocycles. The predicted octanol–water partition coefficient (Wildman–Crippen LogP) is 4.33. The summed E-state index contributed by atoms with van der Waals surface area (Å²) in [7, 11) is -6.33. The van der Waals surface area contributed by atoms with Crippen molar-refractivity contribution in [2.75, 3.05) is 29.1 Å². The number of aromatic nitrogens is 1. The molecule has 2 aliphatic carbocycles. The fourth-order valence-electron chi connectivity index (χ4n) is 4.56. The molecule has 5 rings (SSSR count). The molecule has 10 heteroatoms. The van der Waals surface area contributed by atoms with E-state index in [-0.39, 0.29) is 11.0 Å². The first kappa shape index (κ1) is 24.0. The quantitative estimate of drug-likeness (QED) is 0.386. The van der Waals surface area contributed by atoms with E-state index in [1.54, 1.807) is 12.1 Å². The van der Waals surface area contributed by atoms with Gasteiger partial charge in [0, 0.05) is 35.0 Å². The van der Waals surface area contributed by atoms with Crippen LogP contribution in [0.25, 0.3) is 22.2 Å². The van der Waals surface area contributed by atoms with Crippen LogP contribution in [-0.2, 0) is 19.9 Å². The van der Waals surface area contributed by atoms with Gasteiger partial charge in [0.1, 0.15) is 15.6 Å². The fraction of sp³-hybridized carbons (Fsp3) is 0.440. The number of benzene rings is 2. The molecule has 0 unspecified atom stereocenters. The van der Waals surface area contributed by atoms with Gasteiger partial charge in [-0.2, -0.15) is 0 Å². The zero-order valence-electron chi connectivity index (χ0n) is 19.7.